The third-order valence-electron chi connectivity index (χ3n) is 5.13. The number of anilines is 1. The average molecular weight is 357 g/mol. The molecule has 2 aromatic rings. The molecular weight excluding hydrogens is 334 g/mol. The highest BCUT2D eigenvalue weighted by atomic mass is 16.5. The number of aromatic nitrogens is 4. The van der Waals surface area contributed by atoms with Crippen molar-refractivity contribution in [2.45, 2.75) is 38.3 Å². The van der Waals surface area contributed by atoms with Gasteiger partial charge in [-0.1, -0.05) is 0 Å². The summed E-state index contributed by atoms with van der Waals surface area (Å²) in [5, 5.41) is 8.93. The third kappa shape index (κ3) is 2.94. The van der Waals surface area contributed by atoms with Crippen molar-refractivity contribution in [2.24, 2.45) is 0 Å². The second-order valence-electron chi connectivity index (χ2n) is 6.83. The maximum Gasteiger partial charge on any atom is 0.341 e. The second-order valence-corrected chi connectivity index (χ2v) is 6.83. The summed E-state index contributed by atoms with van der Waals surface area (Å²) < 4.78 is 12.6. The number of hydrogen-bond acceptors (Lipinski definition) is 7. The molecule has 0 radical (unpaired) electrons. The highest BCUT2D eigenvalue weighted by molar-refractivity contribution is 5.94. The number of methoxy groups -OCH3 is 1. The summed E-state index contributed by atoms with van der Waals surface area (Å²) >= 11 is 0. The zero-order valence-electron chi connectivity index (χ0n) is 15.1. The van der Waals surface area contributed by atoms with Crippen LogP contribution in [-0.4, -0.2) is 52.6 Å². The zero-order chi connectivity index (χ0) is 18.1. The molecule has 8 heteroatoms. The number of carbonyl (C=O) groups is 1. The average Bonchev–Trinajstić information content (AvgIpc) is 3.12. The predicted octanol–water partition coefficient (Wildman–Crippen LogP) is 1.93. The minimum Gasteiger partial charge on any atom is -0.465 e. The van der Waals surface area contributed by atoms with Crippen molar-refractivity contribution in [3.05, 3.63) is 35.5 Å². The Labute approximate surface area is 152 Å². The van der Waals surface area contributed by atoms with Crippen LogP contribution in [0.2, 0.25) is 0 Å². The van der Waals surface area contributed by atoms with E-state index in [1.54, 1.807) is 18.3 Å². The molecule has 0 spiro atoms. The molecule has 2 aliphatic rings. The van der Waals surface area contributed by atoms with Crippen molar-refractivity contribution in [3.8, 4) is 0 Å². The van der Waals surface area contributed by atoms with E-state index >= 15 is 0 Å². The van der Waals surface area contributed by atoms with Gasteiger partial charge in [0.1, 0.15) is 17.2 Å². The molecule has 1 saturated heterocycles. The SMILES string of the molecule is COC(=O)c1cccnc1N1Cc2nnc(C3CCOCC3)n2[C@@H](C)C1. The highest BCUT2D eigenvalue weighted by Gasteiger charge is 2.32. The summed E-state index contributed by atoms with van der Waals surface area (Å²) in [4.78, 5) is 18.6. The fraction of sp³-hybridized carbons (Fsp3) is 0.556. The van der Waals surface area contributed by atoms with Gasteiger partial charge in [0.25, 0.3) is 0 Å². The molecule has 1 fully saturated rings. The Morgan fingerprint density at radius 2 is 2.12 bits per heavy atom. The van der Waals surface area contributed by atoms with E-state index in [1.807, 2.05) is 0 Å². The van der Waals surface area contributed by atoms with Crippen molar-refractivity contribution in [3.63, 3.8) is 0 Å². The van der Waals surface area contributed by atoms with Crippen LogP contribution >= 0.6 is 0 Å². The number of fused-ring (bicyclic) bond motifs is 1. The Hall–Kier alpha value is -2.48. The summed E-state index contributed by atoms with van der Waals surface area (Å²) in [6.07, 6.45) is 3.67. The molecule has 0 N–H and O–H groups in total. The van der Waals surface area contributed by atoms with Crippen LogP contribution in [0.25, 0.3) is 0 Å². The Balaban J connectivity index is 1.64. The van der Waals surface area contributed by atoms with Gasteiger partial charge in [-0.2, -0.15) is 0 Å². The summed E-state index contributed by atoms with van der Waals surface area (Å²) in [6.45, 7) is 5.03. The number of nitrogens with zero attached hydrogens (tertiary/aromatic N) is 5. The van der Waals surface area contributed by atoms with Gasteiger partial charge in [0, 0.05) is 31.9 Å². The normalized spacial score (nSPS) is 20.7. The first-order chi connectivity index (χ1) is 12.7. The molecule has 138 valence electrons. The van der Waals surface area contributed by atoms with Crippen molar-refractivity contribution in [1.29, 1.82) is 0 Å². The number of ether oxygens (including phenoxy) is 2. The minimum atomic E-state index is -0.379. The van der Waals surface area contributed by atoms with Crippen LogP contribution in [0, 0.1) is 0 Å². The molecule has 4 rings (SSSR count). The van der Waals surface area contributed by atoms with Gasteiger partial charge in [-0.3, -0.25) is 0 Å². The Bertz CT molecular complexity index is 800. The van der Waals surface area contributed by atoms with Crippen LogP contribution in [-0.2, 0) is 16.0 Å². The molecule has 0 bridgehead atoms. The molecule has 1 atom stereocenters. The Kier molecular flexibility index (Phi) is 4.58. The molecule has 0 aromatic carbocycles. The molecule has 26 heavy (non-hydrogen) atoms. The zero-order valence-corrected chi connectivity index (χ0v) is 15.1. The first kappa shape index (κ1) is 17.0. The topological polar surface area (TPSA) is 82.4 Å². The number of carbonyl (C=O) groups excluding carboxylic acids is 1. The number of rotatable bonds is 3. The lowest BCUT2D eigenvalue weighted by Gasteiger charge is -2.35. The molecule has 0 aliphatic carbocycles. The molecule has 0 saturated carbocycles. The molecule has 0 amide bonds. The van der Waals surface area contributed by atoms with E-state index in [0.29, 0.717) is 23.8 Å². The number of pyridine rings is 1. The number of hydrogen-bond donors (Lipinski definition) is 0. The third-order valence-corrected chi connectivity index (χ3v) is 5.13. The van der Waals surface area contributed by atoms with E-state index in [9.17, 15) is 4.79 Å². The minimum absolute atomic E-state index is 0.194. The van der Waals surface area contributed by atoms with Crippen LogP contribution in [0.15, 0.2) is 18.3 Å². The quantitative estimate of drug-likeness (QED) is 0.776. The lowest BCUT2D eigenvalue weighted by atomic mass is 9.99. The van der Waals surface area contributed by atoms with E-state index in [1.165, 1.54) is 7.11 Å². The van der Waals surface area contributed by atoms with Gasteiger partial charge in [-0.25, -0.2) is 9.78 Å². The molecule has 2 aliphatic heterocycles. The number of esters is 1. The molecule has 8 nitrogen and oxygen atoms in total. The Morgan fingerprint density at radius 3 is 2.88 bits per heavy atom. The van der Waals surface area contributed by atoms with Crippen LogP contribution < -0.4 is 4.90 Å². The van der Waals surface area contributed by atoms with Gasteiger partial charge < -0.3 is 18.9 Å². The summed E-state index contributed by atoms with van der Waals surface area (Å²) in [6, 6.07) is 3.68. The maximum atomic E-state index is 12.1. The van der Waals surface area contributed by atoms with E-state index in [2.05, 4.69) is 31.6 Å². The lowest BCUT2D eigenvalue weighted by molar-refractivity contribution is 0.0601. The van der Waals surface area contributed by atoms with Crippen molar-refractivity contribution in [1.82, 2.24) is 19.7 Å². The van der Waals surface area contributed by atoms with E-state index in [-0.39, 0.29) is 12.0 Å². The van der Waals surface area contributed by atoms with Gasteiger partial charge in [0.2, 0.25) is 0 Å². The van der Waals surface area contributed by atoms with E-state index in [4.69, 9.17) is 9.47 Å². The van der Waals surface area contributed by atoms with Gasteiger partial charge in [-0.05, 0) is 31.9 Å². The van der Waals surface area contributed by atoms with Gasteiger partial charge >= 0.3 is 5.97 Å². The standard InChI is InChI=1S/C18H23N5O3/c1-12-10-22(17-14(18(24)25-2)4-3-7-19-17)11-15-20-21-16(23(12)15)13-5-8-26-9-6-13/h3-4,7,12-13H,5-6,8-11H2,1-2H3/t12-/m0/s1. The van der Waals surface area contributed by atoms with Gasteiger partial charge in [0.15, 0.2) is 5.82 Å². The Morgan fingerprint density at radius 1 is 1.31 bits per heavy atom. The highest BCUT2D eigenvalue weighted by Crippen LogP contribution is 2.32. The van der Waals surface area contributed by atoms with E-state index in [0.717, 1.165) is 44.2 Å². The van der Waals surface area contributed by atoms with E-state index < -0.39 is 0 Å². The summed E-state index contributed by atoms with van der Waals surface area (Å²) in [7, 11) is 1.38. The molecule has 4 heterocycles. The van der Waals surface area contributed by atoms with Crippen LogP contribution in [0.5, 0.6) is 0 Å². The monoisotopic (exact) mass is 357 g/mol. The first-order valence-electron chi connectivity index (χ1n) is 8.98. The molecule has 0 unspecified atom stereocenters. The first-order valence-corrected chi connectivity index (χ1v) is 8.98. The van der Waals surface area contributed by atoms with Crippen LogP contribution in [0.4, 0.5) is 5.82 Å². The maximum absolute atomic E-state index is 12.1. The smallest absolute Gasteiger partial charge is 0.341 e. The lowest BCUT2D eigenvalue weighted by Crippen LogP contribution is -2.38. The summed E-state index contributed by atoms with van der Waals surface area (Å²) in [5.41, 5.74) is 0.472. The van der Waals surface area contributed by atoms with Crippen molar-refractivity contribution < 1.29 is 14.3 Å². The largest absolute Gasteiger partial charge is 0.465 e. The van der Waals surface area contributed by atoms with Gasteiger partial charge in [-0.15, -0.1) is 10.2 Å². The second kappa shape index (κ2) is 7.03. The molecule has 2 aromatic heterocycles. The van der Waals surface area contributed by atoms with Crippen LogP contribution in [0.1, 0.15) is 53.7 Å². The van der Waals surface area contributed by atoms with Gasteiger partial charge in [0.05, 0.1) is 19.7 Å². The van der Waals surface area contributed by atoms with Crippen molar-refractivity contribution >= 4 is 11.8 Å². The van der Waals surface area contributed by atoms with Crippen LogP contribution in [0.3, 0.4) is 0 Å². The summed E-state index contributed by atoms with van der Waals surface area (Å²) in [5.74, 6) is 2.62. The van der Waals surface area contributed by atoms with Crippen molar-refractivity contribution in [2.75, 3.05) is 31.8 Å². The predicted molar refractivity (Wildman–Crippen MR) is 94.2 cm³/mol. The molecular formula is C18H23N5O3. The fourth-order valence-corrected chi connectivity index (χ4v) is 3.88. The fourth-order valence-electron chi connectivity index (χ4n) is 3.88.